The van der Waals surface area contributed by atoms with Gasteiger partial charge in [-0.25, -0.2) is 0 Å². The number of aromatic nitrogens is 4. The highest BCUT2D eigenvalue weighted by molar-refractivity contribution is 6.30. The molecule has 6 atom stereocenters. The van der Waals surface area contributed by atoms with Crippen molar-refractivity contribution < 1.29 is 0 Å². The Balaban J connectivity index is 0.000000132. The molecule has 0 aliphatic carbocycles. The van der Waals surface area contributed by atoms with Crippen LogP contribution in [0, 0.1) is 5.41 Å². The van der Waals surface area contributed by atoms with Crippen molar-refractivity contribution in [1.29, 1.82) is 0 Å². The summed E-state index contributed by atoms with van der Waals surface area (Å²) in [6.07, 6.45) is 30.3. The van der Waals surface area contributed by atoms with Gasteiger partial charge in [0, 0.05) is 144 Å². The van der Waals surface area contributed by atoms with Crippen LogP contribution < -0.4 is 9.80 Å². The van der Waals surface area contributed by atoms with Crippen LogP contribution in [-0.2, 0) is 7.05 Å². The maximum atomic E-state index is 6.37. The van der Waals surface area contributed by atoms with Gasteiger partial charge in [0.15, 0.2) is 0 Å². The number of aryl methyl sites for hydroxylation is 1. The standard InChI is InChI=1S/C22H35N3.C21H35N3.C20H29ClN2.C18H25N3.C17H30N4/c1-21(2,3)25-13-7-10-20(25)18-8-5-6-9-19(18)24-16-22(17-24)11-14-23(4)15-12-22;1-21(2,3)24-15-9-13-20(24)18-11-6-7-12-19(18)23-14-8-10-17(23)16-22(4)5;1-20(2,3)23-11-5-6-19(23)18-14-16(21)7-8-17(18)15-9-12-22(4)13-10-15;1-18(2,3)21-11-7-10-17(21)16-9-6-5-8-15(16)14-12-19-20(4)13-14;1-17(2,3)20-11-5-6-15(20)16-7-10-18-21(16)14-8-12-19(4)13-9-14/h5-6,8-9,20H,7,10-17H2,1-4H3;6-7,11-12,17,20H,8-10,13-16H2,1-5H3;7-9,14,19H,5-6,10-13H2,1-4H3;5-6,8-9,12-13,17H,7,10-11H2,1-4H3;7,10,14-15H,5-6,8-9,11-13H2,1-4H3/t20-;;;17-;/m1..1./s1. The van der Waals surface area contributed by atoms with E-state index < -0.39 is 0 Å². The molecule has 10 aliphatic rings. The van der Waals surface area contributed by atoms with E-state index in [9.17, 15) is 0 Å². The minimum Gasteiger partial charge on any atom is -0.370 e. The molecule has 9 fully saturated rings. The van der Waals surface area contributed by atoms with Crippen LogP contribution >= 0.6 is 11.6 Å². The molecule has 6 aromatic rings. The highest BCUT2D eigenvalue weighted by atomic mass is 35.5. The van der Waals surface area contributed by atoms with Crippen LogP contribution in [0.5, 0.6) is 0 Å². The van der Waals surface area contributed by atoms with Crippen LogP contribution in [0.2, 0.25) is 5.02 Å². The van der Waals surface area contributed by atoms with Crippen LogP contribution in [-0.4, -0.2) is 231 Å². The van der Waals surface area contributed by atoms with Crippen molar-refractivity contribution in [2.45, 2.75) is 283 Å². The number of benzene rings is 4. The minimum absolute atomic E-state index is 0.196. The quantitative estimate of drug-likeness (QED) is 0.117. The molecule has 1 spiro atoms. The molecule has 9 saturated heterocycles. The Kier molecular flexibility index (Phi) is 28.9. The average molecular weight is 1580 g/mol. The van der Waals surface area contributed by atoms with E-state index in [0.29, 0.717) is 47.7 Å². The van der Waals surface area contributed by atoms with Gasteiger partial charge in [0.05, 0.1) is 24.0 Å². The summed E-state index contributed by atoms with van der Waals surface area (Å²) >= 11 is 6.37. The van der Waals surface area contributed by atoms with Gasteiger partial charge in [0.1, 0.15) is 0 Å². The molecule has 628 valence electrons. The van der Waals surface area contributed by atoms with Gasteiger partial charge in [-0.15, -0.1) is 0 Å². The van der Waals surface area contributed by atoms with Gasteiger partial charge >= 0.3 is 0 Å². The minimum atomic E-state index is 0.196. The van der Waals surface area contributed by atoms with Gasteiger partial charge in [-0.3, -0.25) is 33.9 Å². The summed E-state index contributed by atoms with van der Waals surface area (Å²) in [6.45, 7) is 53.2. The number of piperidine rings is 2. The van der Waals surface area contributed by atoms with Crippen molar-refractivity contribution in [3.63, 3.8) is 0 Å². The molecule has 0 radical (unpaired) electrons. The Labute approximate surface area is 698 Å². The number of rotatable bonds is 12. The molecular weight excluding hydrogens is 1420 g/mol. The lowest BCUT2D eigenvalue weighted by Gasteiger charge is -2.55. The van der Waals surface area contributed by atoms with Gasteiger partial charge in [-0.1, -0.05) is 84.4 Å². The maximum Gasteiger partial charge on any atom is 0.0568 e. The van der Waals surface area contributed by atoms with Crippen molar-refractivity contribution in [2.75, 3.05) is 143 Å². The summed E-state index contributed by atoms with van der Waals surface area (Å²) in [5.41, 5.74) is 17.6. The first-order valence-electron chi connectivity index (χ1n) is 44.9. The third kappa shape index (κ3) is 21.4. The van der Waals surface area contributed by atoms with Crippen molar-refractivity contribution in [3.05, 3.63) is 160 Å². The number of para-hydroxylation sites is 2. The molecule has 15 nitrogen and oxygen atoms in total. The molecule has 16 rings (SSSR count). The lowest BCUT2D eigenvalue weighted by atomic mass is 9.71. The van der Waals surface area contributed by atoms with Crippen LogP contribution in [0.15, 0.2) is 122 Å². The first kappa shape index (κ1) is 87.9. The zero-order chi connectivity index (χ0) is 81.7. The fourth-order valence-electron chi connectivity index (χ4n) is 21.5. The molecular formula is C98H154ClN15. The summed E-state index contributed by atoms with van der Waals surface area (Å²) in [4.78, 5) is 28.4. The summed E-state index contributed by atoms with van der Waals surface area (Å²) < 4.78 is 4.23. The summed E-state index contributed by atoms with van der Waals surface area (Å²) in [5, 5.41) is 9.89. The molecule has 4 unspecified atom stereocenters. The van der Waals surface area contributed by atoms with E-state index in [0.717, 1.165) is 31.1 Å². The van der Waals surface area contributed by atoms with E-state index in [4.69, 9.17) is 16.7 Å². The highest BCUT2D eigenvalue weighted by Crippen LogP contribution is 2.50. The first-order valence-corrected chi connectivity index (χ1v) is 45.3. The van der Waals surface area contributed by atoms with E-state index in [1.54, 1.807) is 11.1 Å². The average Bonchev–Trinajstić information content (AvgIpc) is 0.879. The van der Waals surface area contributed by atoms with Gasteiger partial charge in [0.25, 0.3) is 0 Å². The largest absolute Gasteiger partial charge is 0.370 e. The first-order chi connectivity index (χ1) is 54.0. The Morgan fingerprint density at radius 3 is 1.42 bits per heavy atom. The second-order valence-electron chi connectivity index (χ2n) is 41.3. The molecule has 4 aromatic carbocycles. The van der Waals surface area contributed by atoms with Crippen LogP contribution in [0.4, 0.5) is 11.4 Å². The van der Waals surface area contributed by atoms with Crippen LogP contribution in [0.25, 0.3) is 16.7 Å². The molecule has 10 aliphatic heterocycles. The Morgan fingerprint density at radius 1 is 0.447 bits per heavy atom. The van der Waals surface area contributed by atoms with Crippen LogP contribution in [0.1, 0.15) is 283 Å². The Hall–Kier alpha value is -5.43. The lowest BCUT2D eigenvalue weighted by molar-refractivity contribution is 0.0894. The molecule has 0 N–H and O–H groups in total. The van der Waals surface area contributed by atoms with Crippen molar-refractivity contribution in [2.24, 2.45) is 12.5 Å². The fraction of sp³-hybridized carbons (Fsp3) is 0.673. The molecule has 2 aromatic heterocycles. The summed E-state index contributed by atoms with van der Waals surface area (Å²) in [7, 11) is 13.0. The van der Waals surface area contributed by atoms with Crippen molar-refractivity contribution in [1.82, 2.24) is 63.7 Å². The maximum absolute atomic E-state index is 6.37. The second kappa shape index (κ2) is 37.5. The Bertz CT molecular complexity index is 4030. The smallest absolute Gasteiger partial charge is 0.0568 e. The summed E-state index contributed by atoms with van der Waals surface area (Å²) in [6, 6.07) is 40.0. The molecule has 0 bridgehead atoms. The lowest BCUT2D eigenvalue weighted by Crippen LogP contribution is -2.60. The molecule has 0 amide bonds. The highest BCUT2D eigenvalue weighted by Gasteiger charge is 2.47. The second-order valence-corrected chi connectivity index (χ2v) is 41.8. The molecule has 12 heterocycles. The van der Waals surface area contributed by atoms with E-state index in [1.807, 2.05) is 24.1 Å². The van der Waals surface area contributed by atoms with Crippen LogP contribution in [0.3, 0.4) is 0 Å². The monoisotopic (exact) mass is 1580 g/mol. The van der Waals surface area contributed by atoms with E-state index in [-0.39, 0.29) is 27.7 Å². The number of halogens is 1. The van der Waals surface area contributed by atoms with Gasteiger partial charge in [0.2, 0.25) is 0 Å². The van der Waals surface area contributed by atoms with Crippen molar-refractivity contribution in [3.8, 4) is 11.1 Å². The molecule has 114 heavy (non-hydrogen) atoms. The van der Waals surface area contributed by atoms with Gasteiger partial charge < -0.3 is 29.4 Å². The van der Waals surface area contributed by atoms with Crippen molar-refractivity contribution >= 4 is 28.5 Å². The number of anilines is 2. The predicted molar refractivity (Wildman–Crippen MR) is 484 cm³/mol. The van der Waals surface area contributed by atoms with Gasteiger partial charge in [-0.2, -0.15) is 10.2 Å². The Morgan fingerprint density at radius 2 is 0.912 bits per heavy atom. The SMILES string of the molecule is CN(C)CC1CCCN1c1ccccc1C1CCCN1C(C)(C)C.CN1CC=C(c2ccc(Cl)cc2C2CCCN2C(C)(C)C)CC1.CN1CCC(n2nccc2C2CCCN2C(C)(C)C)CC1.CN1CCC2(CC1)CN(c1ccccc1[C@H]1CCCN1C(C)(C)C)C2.Cn1cc(-c2ccccc2[C@H]2CCCN2C(C)(C)C)cn1. The molecule has 0 saturated carbocycles. The fourth-order valence-corrected chi connectivity index (χ4v) is 21.7. The zero-order valence-corrected chi connectivity index (χ0v) is 76.1. The van der Waals surface area contributed by atoms with E-state index in [2.05, 4.69) is 312 Å². The third-order valence-electron chi connectivity index (χ3n) is 27.4. The van der Waals surface area contributed by atoms with E-state index in [1.165, 1.54) is 232 Å². The van der Waals surface area contributed by atoms with E-state index >= 15 is 0 Å². The number of nitrogens with zero attached hydrogens (tertiary/aromatic N) is 15. The number of likely N-dealkylation sites (tertiary alicyclic amines) is 7. The third-order valence-corrected chi connectivity index (χ3v) is 27.6. The normalized spacial score (nSPS) is 25.0. The predicted octanol–water partition coefficient (Wildman–Crippen LogP) is 20.4. The number of likely N-dealkylation sites (N-methyl/N-ethyl adjacent to an activating group) is 2. The van der Waals surface area contributed by atoms with Gasteiger partial charge in [-0.05, 0) is 376 Å². The topological polar surface area (TPSA) is 71.3 Å². The number of hydrogen-bond acceptors (Lipinski definition) is 13. The summed E-state index contributed by atoms with van der Waals surface area (Å²) in [5.74, 6) is 0. The molecule has 16 heteroatoms. The zero-order valence-electron chi connectivity index (χ0n) is 75.3. The number of hydrogen-bond donors (Lipinski definition) is 0.